The summed E-state index contributed by atoms with van der Waals surface area (Å²) in [4.78, 5) is 4.21. The standard InChI is InChI=1S/C13H18FNO/c1-2-10-7-9(5-6-15-10)12-8-11(16)3-4-13(12)14/h5-7,11-13,16H,2-4,8H2,1H3. The van der Waals surface area contributed by atoms with Crippen LogP contribution in [0.1, 0.15) is 43.4 Å². The SMILES string of the molecule is CCc1cc(C2CC(O)CCC2F)ccn1. The molecule has 16 heavy (non-hydrogen) atoms. The molecule has 0 spiro atoms. The second kappa shape index (κ2) is 4.91. The van der Waals surface area contributed by atoms with Gasteiger partial charge in [0.25, 0.3) is 0 Å². The number of hydrogen-bond acceptors (Lipinski definition) is 2. The van der Waals surface area contributed by atoms with Gasteiger partial charge in [-0.3, -0.25) is 4.98 Å². The summed E-state index contributed by atoms with van der Waals surface area (Å²) in [5.41, 5.74) is 1.97. The number of aliphatic hydroxyl groups excluding tert-OH is 1. The number of hydrogen-bond donors (Lipinski definition) is 1. The first-order chi connectivity index (χ1) is 7.70. The Morgan fingerprint density at radius 1 is 1.50 bits per heavy atom. The summed E-state index contributed by atoms with van der Waals surface area (Å²) in [5.74, 6) is -0.156. The lowest BCUT2D eigenvalue weighted by Gasteiger charge is -2.29. The van der Waals surface area contributed by atoms with Crippen LogP contribution in [0.3, 0.4) is 0 Å². The van der Waals surface area contributed by atoms with Crippen molar-refractivity contribution in [1.82, 2.24) is 4.98 Å². The molecule has 3 atom stereocenters. The van der Waals surface area contributed by atoms with E-state index in [-0.39, 0.29) is 12.0 Å². The van der Waals surface area contributed by atoms with E-state index >= 15 is 0 Å². The molecule has 88 valence electrons. The van der Waals surface area contributed by atoms with Gasteiger partial charge >= 0.3 is 0 Å². The molecule has 1 aromatic rings. The number of aromatic nitrogens is 1. The molecule has 1 aliphatic rings. The van der Waals surface area contributed by atoms with Crippen LogP contribution in [0, 0.1) is 0 Å². The van der Waals surface area contributed by atoms with E-state index < -0.39 is 6.17 Å². The van der Waals surface area contributed by atoms with Gasteiger partial charge in [-0.05, 0) is 43.4 Å². The minimum absolute atomic E-state index is 0.156. The number of alkyl halides is 1. The molecular formula is C13H18FNO. The second-order valence-corrected chi connectivity index (χ2v) is 4.52. The topological polar surface area (TPSA) is 33.1 Å². The van der Waals surface area contributed by atoms with Crippen LogP contribution in [0.5, 0.6) is 0 Å². The quantitative estimate of drug-likeness (QED) is 0.836. The normalized spacial score (nSPS) is 30.3. The average Bonchev–Trinajstić information content (AvgIpc) is 2.32. The molecule has 3 unspecified atom stereocenters. The fourth-order valence-electron chi connectivity index (χ4n) is 2.38. The van der Waals surface area contributed by atoms with Crippen LogP contribution >= 0.6 is 0 Å². The first-order valence-electron chi connectivity index (χ1n) is 5.97. The highest BCUT2D eigenvalue weighted by Gasteiger charge is 2.30. The zero-order valence-electron chi connectivity index (χ0n) is 9.56. The molecule has 0 bridgehead atoms. The van der Waals surface area contributed by atoms with Crippen molar-refractivity contribution in [2.45, 2.75) is 50.8 Å². The summed E-state index contributed by atoms with van der Waals surface area (Å²) in [7, 11) is 0. The Morgan fingerprint density at radius 3 is 3.06 bits per heavy atom. The molecule has 1 aliphatic carbocycles. The van der Waals surface area contributed by atoms with Crippen LogP contribution in [-0.4, -0.2) is 22.4 Å². The van der Waals surface area contributed by atoms with Gasteiger partial charge in [0.2, 0.25) is 0 Å². The number of rotatable bonds is 2. The molecular weight excluding hydrogens is 205 g/mol. The van der Waals surface area contributed by atoms with Crippen molar-refractivity contribution in [3.8, 4) is 0 Å². The molecule has 0 radical (unpaired) electrons. The lowest BCUT2D eigenvalue weighted by molar-refractivity contribution is 0.0775. The molecule has 1 aromatic heterocycles. The summed E-state index contributed by atoms with van der Waals surface area (Å²) in [6.07, 6.45) is 3.01. The molecule has 0 saturated heterocycles. The predicted molar refractivity (Wildman–Crippen MR) is 61.1 cm³/mol. The molecule has 1 saturated carbocycles. The largest absolute Gasteiger partial charge is 0.393 e. The van der Waals surface area contributed by atoms with E-state index in [2.05, 4.69) is 4.98 Å². The molecule has 1 heterocycles. The Hall–Kier alpha value is -0.960. The van der Waals surface area contributed by atoms with Crippen molar-refractivity contribution >= 4 is 0 Å². The Bertz CT molecular complexity index is 356. The lowest BCUT2D eigenvalue weighted by atomic mass is 9.81. The van der Waals surface area contributed by atoms with Gasteiger partial charge in [0.1, 0.15) is 6.17 Å². The average molecular weight is 223 g/mol. The van der Waals surface area contributed by atoms with E-state index in [1.165, 1.54) is 0 Å². The van der Waals surface area contributed by atoms with Crippen LogP contribution < -0.4 is 0 Å². The number of halogens is 1. The summed E-state index contributed by atoms with van der Waals surface area (Å²) in [6.45, 7) is 2.04. The van der Waals surface area contributed by atoms with E-state index in [1.54, 1.807) is 6.20 Å². The van der Waals surface area contributed by atoms with Crippen molar-refractivity contribution in [3.05, 3.63) is 29.6 Å². The Labute approximate surface area is 95.5 Å². The molecule has 1 fully saturated rings. The lowest BCUT2D eigenvalue weighted by Crippen LogP contribution is -2.27. The van der Waals surface area contributed by atoms with Gasteiger partial charge in [-0.25, -0.2) is 4.39 Å². The van der Waals surface area contributed by atoms with Crippen molar-refractivity contribution in [2.75, 3.05) is 0 Å². The third-order valence-electron chi connectivity index (χ3n) is 3.37. The Kier molecular flexibility index (Phi) is 3.54. The maximum absolute atomic E-state index is 13.8. The summed E-state index contributed by atoms with van der Waals surface area (Å²) in [6, 6.07) is 3.84. The maximum atomic E-state index is 13.8. The molecule has 3 heteroatoms. The van der Waals surface area contributed by atoms with Gasteiger partial charge in [-0.2, -0.15) is 0 Å². The predicted octanol–water partition coefficient (Wildman–Crippen LogP) is 2.61. The van der Waals surface area contributed by atoms with Crippen LogP contribution in [0.4, 0.5) is 4.39 Å². The number of pyridine rings is 1. The van der Waals surface area contributed by atoms with Gasteiger partial charge in [-0.1, -0.05) is 6.92 Å². The van der Waals surface area contributed by atoms with Crippen molar-refractivity contribution in [3.63, 3.8) is 0 Å². The van der Waals surface area contributed by atoms with Crippen LogP contribution in [0.15, 0.2) is 18.3 Å². The van der Waals surface area contributed by atoms with E-state index in [4.69, 9.17) is 0 Å². The highest BCUT2D eigenvalue weighted by molar-refractivity contribution is 5.23. The van der Waals surface area contributed by atoms with Crippen molar-refractivity contribution in [1.29, 1.82) is 0 Å². The zero-order valence-corrected chi connectivity index (χ0v) is 9.56. The minimum Gasteiger partial charge on any atom is -0.393 e. The van der Waals surface area contributed by atoms with Gasteiger partial charge in [0.05, 0.1) is 6.10 Å². The van der Waals surface area contributed by atoms with E-state index in [9.17, 15) is 9.50 Å². The third-order valence-corrected chi connectivity index (χ3v) is 3.37. The zero-order chi connectivity index (χ0) is 11.5. The summed E-state index contributed by atoms with van der Waals surface area (Å²) < 4.78 is 13.8. The third kappa shape index (κ3) is 2.40. The monoisotopic (exact) mass is 223 g/mol. The molecule has 2 rings (SSSR count). The first kappa shape index (κ1) is 11.5. The second-order valence-electron chi connectivity index (χ2n) is 4.52. The van der Waals surface area contributed by atoms with E-state index in [1.807, 2.05) is 19.1 Å². The Balaban J connectivity index is 2.20. The fraction of sp³-hybridized carbons (Fsp3) is 0.615. The maximum Gasteiger partial charge on any atom is 0.107 e. The van der Waals surface area contributed by atoms with Crippen molar-refractivity contribution in [2.24, 2.45) is 0 Å². The Morgan fingerprint density at radius 2 is 2.31 bits per heavy atom. The number of nitrogens with zero attached hydrogens (tertiary/aromatic N) is 1. The van der Waals surface area contributed by atoms with Crippen molar-refractivity contribution < 1.29 is 9.50 Å². The molecule has 0 aromatic carbocycles. The van der Waals surface area contributed by atoms with E-state index in [0.29, 0.717) is 19.3 Å². The van der Waals surface area contributed by atoms with Gasteiger partial charge < -0.3 is 5.11 Å². The summed E-state index contributed by atoms with van der Waals surface area (Å²) >= 11 is 0. The summed E-state index contributed by atoms with van der Waals surface area (Å²) in [5, 5.41) is 9.60. The van der Waals surface area contributed by atoms with Gasteiger partial charge in [0, 0.05) is 17.8 Å². The van der Waals surface area contributed by atoms with Gasteiger partial charge in [-0.15, -0.1) is 0 Å². The minimum atomic E-state index is -0.824. The fourth-order valence-corrected chi connectivity index (χ4v) is 2.38. The number of aryl methyl sites for hydroxylation is 1. The van der Waals surface area contributed by atoms with Crippen LogP contribution in [0.25, 0.3) is 0 Å². The van der Waals surface area contributed by atoms with E-state index in [0.717, 1.165) is 17.7 Å². The highest BCUT2D eigenvalue weighted by atomic mass is 19.1. The van der Waals surface area contributed by atoms with Crippen LogP contribution in [0.2, 0.25) is 0 Å². The molecule has 2 nitrogen and oxygen atoms in total. The molecule has 0 aliphatic heterocycles. The van der Waals surface area contributed by atoms with Crippen LogP contribution in [-0.2, 0) is 6.42 Å². The number of aliphatic hydroxyl groups is 1. The molecule has 0 amide bonds. The first-order valence-corrected chi connectivity index (χ1v) is 5.97. The van der Waals surface area contributed by atoms with Gasteiger partial charge in [0.15, 0.2) is 0 Å². The molecule has 1 N–H and O–H groups in total. The smallest absolute Gasteiger partial charge is 0.107 e. The highest BCUT2D eigenvalue weighted by Crippen LogP contribution is 2.35.